The Morgan fingerprint density at radius 3 is 1.50 bits per heavy atom. The quantitative estimate of drug-likeness (QED) is 0.698. The molecule has 0 aliphatic carbocycles. The Balaban J connectivity index is 0. The van der Waals surface area contributed by atoms with Gasteiger partial charge in [-0.3, -0.25) is 0 Å². The van der Waals surface area contributed by atoms with Crippen molar-refractivity contribution in [3.05, 3.63) is 24.7 Å². The maximum atomic E-state index is 4.58. The van der Waals surface area contributed by atoms with E-state index < -0.39 is 0 Å². The van der Waals surface area contributed by atoms with E-state index in [4.69, 9.17) is 0 Å². The van der Waals surface area contributed by atoms with Crippen LogP contribution in [0.15, 0.2) is 29.1 Å². The third-order valence-electron chi connectivity index (χ3n) is 1.38. The highest BCUT2D eigenvalue weighted by Gasteiger charge is 1.75. The van der Waals surface area contributed by atoms with Crippen LogP contribution in [0.1, 0.15) is 39.5 Å². The van der Waals surface area contributed by atoms with Gasteiger partial charge in [0.05, 0.1) is 12.5 Å². The molecule has 0 atom stereocenters. The number of furan rings is 1. The average Bonchev–Trinajstić information content (AvgIpc) is 2.57. The van der Waals surface area contributed by atoms with Crippen LogP contribution in [-0.2, 0) is 0 Å². The second kappa shape index (κ2) is 12.9. The van der Waals surface area contributed by atoms with Crippen LogP contribution in [0, 0.1) is 0 Å². The van der Waals surface area contributed by atoms with Crippen molar-refractivity contribution in [2.24, 2.45) is 0 Å². The van der Waals surface area contributed by atoms with Gasteiger partial charge in [-0.2, -0.15) is 0 Å². The van der Waals surface area contributed by atoms with Gasteiger partial charge in [-0.1, -0.05) is 39.5 Å². The molecule has 0 saturated carbocycles. The fourth-order valence-corrected chi connectivity index (χ4v) is 0.727. The van der Waals surface area contributed by atoms with Gasteiger partial charge < -0.3 is 10.6 Å². The van der Waals surface area contributed by atoms with Gasteiger partial charge in [0.1, 0.15) is 0 Å². The van der Waals surface area contributed by atoms with Crippen molar-refractivity contribution >= 4 is 0 Å². The molecule has 0 aliphatic rings. The predicted molar refractivity (Wildman–Crippen MR) is 53.5 cm³/mol. The normalized spacial score (nSPS) is 7.83. The van der Waals surface area contributed by atoms with Crippen LogP contribution >= 0.6 is 0 Å². The highest BCUT2D eigenvalue weighted by atomic mass is 16.3. The molecule has 2 nitrogen and oxygen atoms in total. The SMILES string of the molecule is CCCCCC.N.c1ccoc1. The summed E-state index contributed by atoms with van der Waals surface area (Å²) in [7, 11) is 0. The van der Waals surface area contributed by atoms with Crippen LogP contribution in [0.3, 0.4) is 0 Å². The summed E-state index contributed by atoms with van der Waals surface area (Å²) in [6.45, 7) is 4.46. The molecule has 0 spiro atoms. The molecule has 0 radical (unpaired) electrons. The van der Waals surface area contributed by atoms with E-state index in [9.17, 15) is 0 Å². The molecule has 0 bridgehead atoms. The Kier molecular flexibility index (Phi) is 14.8. The monoisotopic (exact) mass is 171 g/mol. The fraction of sp³-hybridized carbons (Fsp3) is 0.600. The number of rotatable bonds is 3. The highest BCUT2D eigenvalue weighted by molar-refractivity contribution is 4.79. The van der Waals surface area contributed by atoms with Crippen molar-refractivity contribution < 1.29 is 4.42 Å². The zero-order valence-corrected chi connectivity index (χ0v) is 8.25. The average molecular weight is 171 g/mol. The topological polar surface area (TPSA) is 48.1 Å². The third kappa shape index (κ3) is 12.0. The molecule has 0 aliphatic heterocycles. The first-order valence-corrected chi connectivity index (χ1v) is 4.39. The van der Waals surface area contributed by atoms with Crippen LogP contribution in [-0.4, -0.2) is 0 Å². The Morgan fingerprint density at radius 1 is 0.917 bits per heavy atom. The molecule has 0 fully saturated rings. The molecule has 0 aromatic carbocycles. The summed E-state index contributed by atoms with van der Waals surface area (Å²) in [5.41, 5.74) is 0. The van der Waals surface area contributed by atoms with Gasteiger partial charge in [0.25, 0.3) is 0 Å². The molecule has 1 rings (SSSR count). The summed E-state index contributed by atoms with van der Waals surface area (Å²) < 4.78 is 4.58. The highest BCUT2D eigenvalue weighted by Crippen LogP contribution is 1.95. The zero-order chi connectivity index (χ0) is 8.36. The number of hydrogen-bond acceptors (Lipinski definition) is 2. The molecule has 0 amide bonds. The lowest BCUT2D eigenvalue weighted by molar-refractivity contribution is 0.567. The van der Waals surface area contributed by atoms with Crippen molar-refractivity contribution in [2.75, 3.05) is 0 Å². The fourth-order valence-electron chi connectivity index (χ4n) is 0.727. The second-order valence-electron chi connectivity index (χ2n) is 2.50. The largest absolute Gasteiger partial charge is 0.473 e. The summed E-state index contributed by atoms with van der Waals surface area (Å²) >= 11 is 0. The van der Waals surface area contributed by atoms with Gasteiger partial charge in [0, 0.05) is 0 Å². The summed E-state index contributed by atoms with van der Waals surface area (Å²) in [5, 5.41) is 0. The van der Waals surface area contributed by atoms with Gasteiger partial charge >= 0.3 is 0 Å². The Labute approximate surface area is 75.6 Å². The lowest BCUT2D eigenvalue weighted by atomic mass is 10.2. The van der Waals surface area contributed by atoms with E-state index in [0.717, 1.165) is 0 Å². The maximum absolute atomic E-state index is 4.58. The van der Waals surface area contributed by atoms with Crippen molar-refractivity contribution in [1.82, 2.24) is 6.15 Å². The van der Waals surface area contributed by atoms with Crippen molar-refractivity contribution in [3.63, 3.8) is 0 Å². The molecule has 1 aromatic heterocycles. The summed E-state index contributed by atoms with van der Waals surface area (Å²) in [6.07, 6.45) is 8.79. The Bertz CT molecular complexity index is 105. The minimum Gasteiger partial charge on any atom is -0.473 e. The smallest absolute Gasteiger partial charge is 0.0902 e. The minimum absolute atomic E-state index is 0. The van der Waals surface area contributed by atoms with Crippen LogP contribution in [0.5, 0.6) is 0 Å². The van der Waals surface area contributed by atoms with E-state index >= 15 is 0 Å². The van der Waals surface area contributed by atoms with E-state index in [-0.39, 0.29) is 6.15 Å². The molecule has 1 aromatic rings. The van der Waals surface area contributed by atoms with Gasteiger partial charge in [-0.15, -0.1) is 0 Å². The Hall–Kier alpha value is -0.760. The van der Waals surface area contributed by atoms with Gasteiger partial charge in [0.15, 0.2) is 0 Å². The molecular weight excluding hydrogens is 150 g/mol. The first-order chi connectivity index (χ1) is 5.41. The van der Waals surface area contributed by atoms with E-state index in [0.29, 0.717) is 0 Å². The summed E-state index contributed by atoms with van der Waals surface area (Å²) in [5.74, 6) is 0. The maximum Gasteiger partial charge on any atom is 0.0902 e. The molecule has 12 heavy (non-hydrogen) atoms. The summed E-state index contributed by atoms with van der Waals surface area (Å²) in [4.78, 5) is 0. The minimum atomic E-state index is 0. The van der Waals surface area contributed by atoms with E-state index in [1.54, 1.807) is 12.5 Å². The molecule has 1 heterocycles. The first kappa shape index (κ1) is 13.8. The first-order valence-electron chi connectivity index (χ1n) is 4.39. The van der Waals surface area contributed by atoms with Crippen molar-refractivity contribution in [3.8, 4) is 0 Å². The van der Waals surface area contributed by atoms with Gasteiger partial charge in [-0.25, -0.2) is 0 Å². The lowest BCUT2D eigenvalue weighted by Crippen LogP contribution is -1.66. The van der Waals surface area contributed by atoms with Gasteiger partial charge in [-0.05, 0) is 12.1 Å². The zero-order valence-electron chi connectivity index (χ0n) is 8.25. The van der Waals surface area contributed by atoms with E-state index in [2.05, 4.69) is 18.3 Å². The number of hydrogen-bond donors (Lipinski definition) is 1. The van der Waals surface area contributed by atoms with Crippen LogP contribution < -0.4 is 6.15 Å². The Morgan fingerprint density at radius 2 is 1.33 bits per heavy atom. The molecular formula is C10H21NO. The van der Waals surface area contributed by atoms with Crippen LogP contribution in [0.4, 0.5) is 0 Å². The molecule has 0 saturated heterocycles. The van der Waals surface area contributed by atoms with Crippen molar-refractivity contribution in [1.29, 1.82) is 0 Å². The van der Waals surface area contributed by atoms with Gasteiger partial charge in [0.2, 0.25) is 0 Å². The predicted octanol–water partition coefficient (Wildman–Crippen LogP) is 4.03. The van der Waals surface area contributed by atoms with Crippen molar-refractivity contribution in [2.45, 2.75) is 39.5 Å². The lowest BCUT2D eigenvalue weighted by Gasteiger charge is -1.86. The van der Waals surface area contributed by atoms with Crippen LogP contribution in [0.2, 0.25) is 0 Å². The summed E-state index contributed by atoms with van der Waals surface area (Å²) in [6, 6.07) is 3.67. The third-order valence-corrected chi connectivity index (χ3v) is 1.38. The molecule has 3 N–H and O–H groups in total. The van der Waals surface area contributed by atoms with E-state index in [1.165, 1.54) is 25.7 Å². The number of unbranched alkanes of at least 4 members (excludes halogenated alkanes) is 3. The molecule has 72 valence electrons. The molecule has 0 unspecified atom stereocenters. The standard InChI is InChI=1S/C6H14.C4H4O.H3N/c1-3-5-6-4-2;1-2-4-5-3-1;/h3-6H2,1-2H3;1-4H;1H3. The second-order valence-corrected chi connectivity index (χ2v) is 2.50. The molecule has 2 heteroatoms. The van der Waals surface area contributed by atoms with E-state index in [1.807, 2.05) is 12.1 Å². The van der Waals surface area contributed by atoms with Crippen LogP contribution in [0.25, 0.3) is 0 Å².